The van der Waals surface area contributed by atoms with Crippen LogP contribution in [-0.2, 0) is 19.1 Å². The highest BCUT2D eigenvalue weighted by atomic mass is 16.6. The van der Waals surface area contributed by atoms with Crippen LogP contribution < -0.4 is 5.32 Å². The third-order valence-electron chi connectivity index (χ3n) is 5.44. The summed E-state index contributed by atoms with van der Waals surface area (Å²) in [6, 6.07) is 16.0. The number of esters is 2. The number of aryl methyl sites for hydroxylation is 3. The SMILES string of the molecule is Cc1cccc(C(=O)O[C@H](C(=O)O)[C@H](OC(=O)c2cccc(C)c2)C(=O)Nc2cc([N+](=O)[O-])ccc2C)c1. The number of nitro benzene ring substituents is 1. The lowest BCUT2D eigenvalue weighted by atomic mass is 10.1. The molecule has 11 heteroatoms. The molecule has 1 amide bonds. The van der Waals surface area contributed by atoms with Gasteiger partial charge in [0.25, 0.3) is 11.6 Å². The number of ether oxygens (including phenoxy) is 2. The summed E-state index contributed by atoms with van der Waals surface area (Å²) in [7, 11) is 0. The van der Waals surface area contributed by atoms with Crippen LogP contribution in [-0.4, -0.2) is 46.1 Å². The molecule has 0 bridgehead atoms. The number of nitrogens with zero attached hydrogens (tertiary/aromatic N) is 1. The Morgan fingerprint density at radius 3 is 1.82 bits per heavy atom. The van der Waals surface area contributed by atoms with Crippen LogP contribution in [0.2, 0.25) is 0 Å². The van der Waals surface area contributed by atoms with Crippen LogP contribution in [0.4, 0.5) is 11.4 Å². The number of aliphatic carboxylic acids is 1. The van der Waals surface area contributed by atoms with Crippen molar-refractivity contribution in [2.45, 2.75) is 33.0 Å². The molecule has 3 aromatic carbocycles. The number of carboxylic acid groups (broad SMARTS) is 1. The molecule has 0 aliphatic heterocycles. The molecule has 0 aliphatic carbocycles. The molecule has 2 atom stereocenters. The van der Waals surface area contributed by atoms with E-state index in [1.165, 1.54) is 36.4 Å². The number of rotatable bonds is 9. The average molecular weight is 520 g/mol. The van der Waals surface area contributed by atoms with E-state index in [1.54, 1.807) is 45.0 Å². The Balaban J connectivity index is 1.98. The lowest BCUT2D eigenvalue weighted by Crippen LogP contribution is -2.48. The summed E-state index contributed by atoms with van der Waals surface area (Å²) in [5.74, 6) is -5.02. The summed E-state index contributed by atoms with van der Waals surface area (Å²) >= 11 is 0. The maximum atomic E-state index is 13.3. The second-order valence-electron chi connectivity index (χ2n) is 8.47. The van der Waals surface area contributed by atoms with Gasteiger partial charge in [0.1, 0.15) is 0 Å². The number of anilines is 1. The Bertz CT molecular complexity index is 1420. The van der Waals surface area contributed by atoms with Gasteiger partial charge >= 0.3 is 17.9 Å². The van der Waals surface area contributed by atoms with Crippen molar-refractivity contribution in [3.05, 3.63) is 105 Å². The molecule has 0 aliphatic rings. The predicted octanol–water partition coefficient (Wildman–Crippen LogP) is 3.99. The first-order valence-corrected chi connectivity index (χ1v) is 11.3. The van der Waals surface area contributed by atoms with E-state index in [0.717, 1.165) is 6.07 Å². The predicted molar refractivity (Wildman–Crippen MR) is 135 cm³/mol. The highest BCUT2D eigenvalue weighted by Gasteiger charge is 2.41. The number of carbonyl (C=O) groups is 4. The Morgan fingerprint density at radius 1 is 0.816 bits per heavy atom. The molecular formula is C27H24N2O9. The first-order chi connectivity index (χ1) is 18.0. The Morgan fingerprint density at radius 2 is 1.34 bits per heavy atom. The molecule has 0 heterocycles. The first-order valence-electron chi connectivity index (χ1n) is 11.3. The zero-order valence-corrected chi connectivity index (χ0v) is 20.7. The smallest absolute Gasteiger partial charge is 0.349 e. The topological polar surface area (TPSA) is 162 Å². The molecule has 3 rings (SSSR count). The molecule has 38 heavy (non-hydrogen) atoms. The number of benzene rings is 3. The van der Waals surface area contributed by atoms with Gasteiger partial charge in [-0.25, -0.2) is 14.4 Å². The van der Waals surface area contributed by atoms with Crippen molar-refractivity contribution in [3.63, 3.8) is 0 Å². The summed E-state index contributed by atoms with van der Waals surface area (Å²) in [4.78, 5) is 61.6. The molecule has 2 N–H and O–H groups in total. The Hall–Kier alpha value is -5.06. The fraction of sp³-hybridized carbons (Fsp3) is 0.185. The normalized spacial score (nSPS) is 12.1. The number of hydrogen-bond acceptors (Lipinski definition) is 8. The van der Waals surface area contributed by atoms with Gasteiger partial charge in [-0.3, -0.25) is 14.9 Å². The number of carboxylic acids is 1. The molecule has 3 aromatic rings. The van der Waals surface area contributed by atoms with E-state index in [0.29, 0.717) is 16.7 Å². The molecule has 0 spiro atoms. The van der Waals surface area contributed by atoms with Crippen LogP contribution in [0.5, 0.6) is 0 Å². The largest absolute Gasteiger partial charge is 0.478 e. The summed E-state index contributed by atoms with van der Waals surface area (Å²) < 4.78 is 10.4. The third-order valence-corrected chi connectivity index (χ3v) is 5.44. The highest BCUT2D eigenvalue weighted by molar-refractivity contribution is 6.02. The van der Waals surface area contributed by atoms with Crippen molar-refractivity contribution in [1.82, 2.24) is 0 Å². The van der Waals surface area contributed by atoms with Crippen LogP contribution >= 0.6 is 0 Å². The van der Waals surface area contributed by atoms with Crippen molar-refractivity contribution in [2.24, 2.45) is 0 Å². The van der Waals surface area contributed by atoms with Crippen molar-refractivity contribution in [3.8, 4) is 0 Å². The molecule has 196 valence electrons. The van der Waals surface area contributed by atoms with Crippen molar-refractivity contribution < 1.29 is 38.7 Å². The number of amides is 1. The van der Waals surface area contributed by atoms with Crippen LogP contribution in [0.1, 0.15) is 37.4 Å². The number of nitro groups is 1. The zero-order chi connectivity index (χ0) is 28.0. The van der Waals surface area contributed by atoms with Crippen LogP contribution in [0, 0.1) is 30.9 Å². The standard InChI is InChI=1S/C27H24N2O9/c1-15-6-4-8-18(12-15)26(33)37-22(24(30)28-21-14-20(29(35)36)11-10-17(21)3)23(25(31)32)38-27(34)19-9-5-7-16(2)13-19/h4-14,22-23H,1-3H3,(H,28,30)(H,31,32)/t22-,23-/m0/s1. The zero-order valence-electron chi connectivity index (χ0n) is 20.7. The Labute approximate surface area is 217 Å². The second kappa shape index (κ2) is 11.8. The van der Waals surface area contributed by atoms with E-state index in [4.69, 9.17) is 9.47 Å². The maximum absolute atomic E-state index is 13.3. The molecule has 0 aromatic heterocycles. The van der Waals surface area contributed by atoms with Crippen LogP contribution in [0.3, 0.4) is 0 Å². The van der Waals surface area contributed by atoms with Gasteiger partial charge in [-0.2, -0.15) is 0 Å². The van der Waals surface area contributed by atoms with Gasteiger partial charge in [0.2, 0.25) is 12.2 Å². The quantitative estimate of drug-likeness (QED) is 0.241. The van der Waals surface area contributed by atoms with Crippen molar-refractivity contribution in [2.75, 3.05) is 5.32 Å². The summed E-state index contributed by atoms with van der Waals surface area (Å²) in [6.07, 6.45) is -4.39. The Kier molecular flexibility index (Phi) is 8.54. The maximum Gasteiger partial charge on any atom is 0.349 e. The van der Waals surface area contributed by atoms with Crippen molar-refractivity contribution in [1.29, 1.82) is 0 Å². The van der Waals surface area contributed by atoms with Gasteiger partial charge in [0.05, 0.1) is 21.7 Å². The van der Waals surface area contributed by atoms with Gasteiger partial charge < -0.3 is 19.9 Å². The van der Waals surface area contributed by atoms with Gasteiger partial charge in [-0.1, -0.05) is 41.5 Å². The average Bonchev–Trinajstić information content (AvgIpc) is 2.86. The molecule has 0 saturated heterocycles. The van der Waals surface area contributed by atoms with Gasteiger partial charge in [0.15, 0.2) is 0 Å². The minimum absolute atomic E-state index is 0.0186. The molecule has 0 radical (unpaired) electrons. The minimum atomic E-state index is -2.24. The second-order valence-corrected chi connectivity index (χ2v) is 8.47. The summed E-state index contributed by atoms with van der Waals surface area (Å²) in [5, 5.41) is 23.4. The lowest BCUT2D eigenvalue weighted by molar-refractivity contribution is -0.384. The van der Waals surface area contributed by atoms with Crippen molar-refractivity contribution >= 4 is 35.2 Å². The van der Waals surface area contributed by atoms with E-state index in [1.807, 2.05) is 0 Å². The number of non-ortho nitro benzene ring substituents is 1. The van der Waals surface area contributed by atoms with Gasteiger partial charge in [0, 0.05) is 12.1 Å². The molecule has 0 saturated carbocycles. The summed E-state index contributed by atoms with van der Waals surface area (Å²) in [6.45, 7) is 4.99. The molecular weight excluding hydrogens is 496 g/mol. The molecule has 11 nitrogen and oxygen atoms in total. The van der Waals surface area contributed by atoms with E-state index >= 15 is 0 Å². The first kappa shape index (κ1) is 27.5. The van der Waals surface area contributed by atoms with E-state index in [-0.39, 0.29) is 22.5 Å². The minimum Gasteiger partial charge on any atom is -0.478 e. The van der Waals surface area contributed by atoms with E-state index in [9.17, 15) is 34.4 Å². The molecule has 0 fully saturated rings. The van der Waals surface area contributed by atoms with Crippen LogP contribution in [0.15, 0.2) is 66.7 Å². The lowest BCUT2D eigenvalue weighted by Gasteiger charge is -2.24. The van der Waals surface area contributed by atoms with Gasteiger partial charge in [-0.05, 0) is 50.6 Å². The number of nitrogens with one attached hydrogen (secondary N) is 1. The fourth-order valence-electron chi connectivity index (χ4n) is 3.47. The van der Waals surface area contributed by atoms with Crippen LogP contribution in [0.25, 0.3) is 0 Å². The summed E-state index contributed by atoms with van der Waals surface area (Å²) in [5.41, 5.74) is 1.52. The number of hydrogen-bond donors (Lipinski definition) is 2. The number of carbonyl (C=O) groups excluding carboxylic acids is 3. The fourth-order valence-corrected chi connectivity index (χ4v) is 3.47. The van der Waals surface area contributed by atoms with E-state index in [2.05, 4.69) is 5.32 Å². The monoisotopic (exact) mass is 520 g/mol. The third kappa shape index (κ3) is 6.78. The highest BCUT2D eigenvalue weighted by Crippen LogP contribution is 2.23. The molecule has 0 unspecified atom stereocenters. The van der Waals surface area contributed by atoms with Gasteiger partial charge in [-0.15, -0.1) is 0 Å². The van der Waals surface area contributed by atoms with E-state index < -0.39 is 40.9 Å².